The van der Waals surface area contributed by atoms with Gasteiger partial charge in [-0.3, -0.25) is 9.59 Å². The molecule has 8 heteroatoms. The van der Waals surface area contributed by atoms with E-state index in [0.29, 0.717) is 22.9 Å². The lowest BCUT2D eigenvalue weighted by Gasteiger charge is -2.12. The Labute approximate surface area is 170 Å². The molecule has 3 rings (SSSR count). The Morgan fingerprint density at radius 1 is 1.33 bits per heavy atom. The van der Waals surface area contributed by atoms with Crippen molar-refractivity contribution in [1.82, 2.24) is 15.1 Å². The van der Waals surface area contributed by atoms with Crippen molar-refractivity contribution in [2.24, 2.45) is 0 Å². The van der Waals surface area contributed by atoms with Gasteiger partial charge in [0.15, 0.2) is 5.69 Å². The van der Waals surface area contributed by atoms with E-state index in [-0.39, 0.29) is 5.69 Å². The van der Waals surface area contributed by atoms with Crippen molar-refractivity contribution in [1.29, 1.82) is 0 Å². The molecule has 2 heterocycles. The molecule has 0 saturated heterocycles. The number of amides is 1. The van der Waals surface area contributed by atoms with E-state index in [1.54, 1.807) is 42.2 Å². The van der Waals surface area contributed by atoms with Gasteiger partial charge < -0.3 is 5.32 Å². The summed E-state index contributed by atoms with van der Waals surface area (Å²) < 4.78 is 1.52. The molecule has 0 aliphatic carbocycles. The molecule has 1 N–H and O–H groups in total. The normalized spacial score (nSPS) is 10.7. The van der Waals surface area contributed by atoms with Crippen molar-refractivity contribution in [2.75, 3.05) is 12.3 Å². The topological polar surface area (TPSA) is 64.0 Å². The van der Waals surface area contributed by atoms with Crippen LogP contribution in [0, 0.1) is 6.92 Å². The number of benzene rings is 1. The minimum absolute atomic E-state index is 0.136. The number of aromatic nitrogens is 2. The molecule has 2 aromatic heterocycles. The summed E-state index contributed by atoms with van der Waals surface area (Å²) in [6.07, 6.45) is 0. The highest BCUT2D eigenvalue weighted by Crippen LogP contribution is 2.19. The monoisotopic (exact) mass is 419 g/mol. The minimum Gasteiger partial charge on any atom is -0.350 e. The Morgan fingerprint density at radius 2 is 2.15 bits per heavy atom. The van der Waals surface area contributed by atoms with Crippen LogP contribution in [0.1, 0.15) is 21.7 Å². The quantitative estimate of drug-likeness (QED) is 0.589. The van der Waals surface area contributed by atoms with E-state index in [1.807, 2.05) is 17.5 Å². The number of para-hydroxylation sites is 1. The molecule has 0 fully saturated rings. The minimum atomic E-state index is -0.475. The van der Waals surface area contributed by atoms with Crippen LogP contribution in [0.5, 0.6) is 0 Å². The van der Waals surface area contributed by atoms with Gasteiger partial charge in [-0.1, -0.05) is 23.7 Å². The van der Waals surface area contributed by atoms with Crippen molar-refractivity contribution >= 4 is 40.6 Å². The van der Waals surface area contributed by atoms with Crippen LogP contribution in [0.15, 0.2) is 52.0 Å². The summed E-state index contributed by atoms with van der Waals surface area (Å²) in [5.74, 6) is 1.19. The maximum Gasteiger partial charge on any atom is 0.275 e. The lowest BCUT2D eigenvalue weighted by Crippen LogP contribution is -2.33. The van der Waals surface area contributed by atoms with Crippen LogP contribution >= 0.6 is 34.7 Å². The first-order valence-corrected chi connectivity index (χ1v) is 10.8. The molecule has 140 valence electrons. The molecule has 0 aliphatic rings. The van der Waals surface area contributed by atoms with E-state index in [0.717, 1.165) is 11.5 Å². The molecule has 0 unspecified atom stereocenters. The van der Waals surface area contributed by atoms with Crippen LogP contribution < -0.4 is 10.7 Å². The number of carbonyl (C=O) groups excluding carboxylic acids is 1. The molecule has 0 bridgehead atoms. The molecule has 0 saturated carbocycles. The van der Waals surface area contributed by atoms with Gasteiger partial charge in [-0.25, -0.2) is 4.68 Å². The third kappa shape index (κ3) is 5.00. The third-order valence-electron chi connectivity index (χ3n) is 3.78. The number of thioether (sulfide) groups is 1. The number of nitrogens with one attached hydrogen (secondary N) is 1. The number of hydrogen-bond acceptors (Lipinski definition) is 5. The number of rotatable bonds is 7. The van der Waals surface area contributed by atoms with Gasteiger partial charge in [0.1, 0.15) is 0 Å². The molecule has 3 aromatic rings. The second-order valence-corrected chi connectivity index (χ2v) is 8.09. The summed E-state index contributed by atoms with van der Waals surface area (Å²) in [5.41, 5.74) is 1.97. The van der Waals surface area contributed by atoms with Gasteiger partial charge >= 0.3 is 0 Å². The van der Waals surface area contributed by atoms with Gasteiger partial charge in [-0.2, -0.15) is 28.2 Å². The largest absolute Gasteiger partial charge is 0.350 e. The van der Waals surface area contributed by atoms with Gasteiger partial charge in [0, 0.05) is 29.8 Å². The maximum atomic E-state index is 12.4. The molecule has 0 aliphatic heterocycles. The van der Waals surface area contributed by atoms with Gasteiger partial charge in [-0.15, -0.1) is 0 Å². The molecular formula is C19H18ClN3O2S2. The van der Waals surface area contributed by atoms with E-state index >= 15 is 0 Å². The lowest BCUT2D eigenvalue weighted by atomic mass is 10.2. The SMILES string of the molecule is Cc1cc(=O)c(C(=O)NCCSCc2ccsc2)nn1-c1ccccc1Cl. The van der Waals surface area contributed by atoms with Gasteiger partial charge in [0.05, 0.1) is 10.7 Å². The molecule has 27 heavy (non-hydrogen) atoms. The van der Waals surface area contributed by atoms with Crippen LogP contribution in [0.3, 0.4) is 0 Å². The fraction of sp³-hybridized carbons (Fsp3) is 0.211. The second-order valence-electron chi connectivity index (χ2n) is 5.80. The van der Waals surface area contributed by atoms with E-state index in [1.165, 1.54) is 16.3 Å². The highest BCUT2D eigenvalue weighted by atomic mass is 35.5. The maximum absolute atomic E-state index is 12.4. The van der Waals surface area contributed by atoms with E-state index in [2.05, 4.69) is 21.9 Å². The lowest BCUT2D eigenvalue weighted by molar-refractivity contribution is 0.0948. The number of hydrogen-bond donors (Lipinski definition) is 1. The zero-order valence-electron chi connectivity index (χ0n) is 14.6. The predicted octanol–water partition coefficient (Wildman–Crippen LogP) is 3.92. The van der Waals surface area contributed by atoms with Gasteiger partial charge in [-0.05, 0) is 41.4 Å². The molecule has 0 spiro atoms. The summed E-state index contributed by atoms with van der Waals surface area (Å²) in [7, 11) is 0. The van der Waals surface area contributed by atoms with E-state index in [4.69, 9.17) is 11.6 Å². The number of thiophene rings is 1. The third-order valence-corrected chi connectivity index (χ3v) is 5.87. The zero-order chi connectivity index (χ0) is 19.2. The molecule has 1 amide bonds. The second kappa shape index (κ2) is 9.21. The van der Waals surface area contributed by atoms with Crippen molar-refractivity contribution in [3.05, 3.63) is 79.4 Å². The molecule has 5 nitrogen and oxygen atoms in total. The fourth-order valence-corrected chi connectivity index (χ4v) is 4.25. The Morgan fingerprint density at radius 3 is 2.89 bits per heavy atom. The van der Waals surface area contributed by atoms with E-state index in [9.17, 15) is 9.59 Å². The molecule has 0 radical (unpaired) electrons. The average molecular weight is 420 g/mol. The average Bonchev–Trinajstić information content (AvgIpc) is 3.16. The van der Waals surface area contributed by atoms with Gasteiger partial charge in [0.25, 0.3) is 5.91 Å². The predicted molar refractivity (Wildman–Crippen MR) is 112 cm³/mol. The first kappa shape index (κ1) is 19.7. The summed E-state index contributed by atoms with van der Waals surface area (Å²) in [5, 5.41) is 11.7. The molecular weight excluding hydrogens is 402 g/mol. The Kier molecular flexibility index (Phi) is 6.71. The molecule has 1 aromatic carbocycles. The van der Waals surface area contributed by atoms with Crippen molar-refractivity contribution in [2.45, 2.75) is 12.7 Å². The van der Waals surface area contributed by atoms with Crippen LogP contribution in [-0.2, 0) is 5.75 Å². The van der Waals surface area contributed by atoms with Crippen molar-refractivity contribution in [3.8, 4) is 5.69 Å². The first-order chi connectivity index (χ1) is 13.1. The fourth-order valence-electron chi connectivity index (χ4n) is 2.46. The van der Waals surface area contributed by atoms with Crippen molar-refractivity contribution < 1.29 is 4.79 Å². The number of carbonyl (C=O) groups is 1. The highest BCUT2D eigenvalue weighted by molar-refractivity contribution is 7.98. The summed E-state index contributed by atoms with van der Waals surface area (Å²) in [6.45, 7) is 2.22. The van der Waals surface area contributed by atoms with Crippen LogP contribution in [0.4, 0.5) is 0 Å². The van der Waals surface area contributed by atoms with Crippen LogP contribution in [-0.4, -0.2) is 28.0 Å². The summed E-state index contributed by atoms with van der Waals surface area (Å²) in [4.78, 5) is 24.6. The van der Waals surface area contributed by atoms with Crippen molar-refractivity contribution in [3.63, 3.8) is 0 Å². The van der Waals surface area contributed by atoms with Crippen LogP contribution in [0.25, 0.3) is 5.69 Å². The Hall–Kier alpha value is -2.09. The summed E-state index contributed by atoms with van der Waals surface area (Å²) >= 11 is 9.62. The molecule has 0 atom stereocenters. The Bertz CT molecular complexity index is 987. The van der Waals surface area contributed by atoms with Crippen LogP contribution in [0.2, 0.25) is 5.02 Å². The van der Waals surface area contributed by atoms with E-state index < -0.39 is 11.3 Å². The highest BCUT2D eigenvalue weighted by Gasteiger charge is 2.15. The van der Waals surface area contributed by atoms with Gasteiger partial charge in [0.2, 0.25) is 5.43 Å². The Balaban J connectivity index is 1.66. The zero-order valence-corrected chi connectivity index (χ0v) is 17.0. The smallest absolute Gasteiger partial charge is 0.275 e. The number of halogens is 1. The summed E-state index contributed by atoms with van der Waals surface area (Å²) in [6, 6.07) is 10.6. The number of nitrogens with zero attached hydrogens (tertiary/aromatic N) is 2. The standard InChI is InChI=1S/C19H18ClN3O2S2/c1-13-10-17(24)18(22-23(13)16-5-3-2-4-15(16)20)19(25)21-7-9-27-12-14-6-8-26-11-14/h2-6,8,10-11H,7,9,12H2,1H3,(H,21,25). The first-order valence-electron chi connectivity index (χ1n) is 8.29. The number of aryl methyl sites for hydroxylation is 1.